The molecule has 0 radical (unpaired) electrons. The van der Waals surface area contributed by atoms with E-state index in [0.717, 1.165) is 12.0 Å². The van der Waals surface area contributed by atoms with Crippen molar-refractivity contribution >= 4 is 5.69 Å². The van der Waals surface area contributed by atoms with Gasteiger partial charge in [0.15, 0.2) is 0 Å². The van der Waals surface area contributed by atoms with Crippen molar-refractivity contribution in [1.82, 2.24) is 0 Å². The molecular formula is C8H10FN. The summed E-state index contributed by atoms with van der Waals surface area (Å²) in [6.07, 6.45) is 0.853. The third-order valence-electron chi connectivity index (χ3n) is 1.49. The molecule has 0 aliphatic carbocycles. The van der Waals surface area contributed by atoms with Crippen molar-refractivity contribution in [3.63, 3.8) is 0 Å². The van der Waals surface area contributed by atoms with E-state index in [-0.39, 0.29) is 5.82 Å². The lowest BCUT2D eigenvalue weighted by atomic mass is 10.1. The van der Waals surface area contributed by atoms with E-state index >= 15 is 0 Å². The Balaban J connectivity index is 3.07. The van der Waals surface area contributed by atoms with Gasteiger partial charge in [-0.15, -0.1) is 0 Å². The quantitative estimate of drug-likeness (QED) is 0.591. The van der Waals surface area contributed by atoms with Gasteiger partial charge in [0.05, 0.1) is 0 Å². The number of anilines is 1. The molecule has 0 fully saturated rings. The normalized spacial score (nSPS) is 9.80. The lowest BCUT2D eigenvalue weighted by Gasteiger charge is -2.00. The van der Waals surface area contributed by atoms with Crippen LogP contribution in [0.4, 0.5) is 10.1 Å². The van der Waals surface area contributed by atoms with E-state index < -0.39 is 0 Å². The smallest absolute Gasteiger partial charge is 0.125 e. The van der Waals surface area contributed by atoms with E-state index in [4.69, 9.17) is 5.73 Å². The van der Waals surface area contributed by atoms with Gasteiger partial charge in [-0.25, -0.2) is 4.39 Å². The van der Waals surface area contributed by atoms with Crippen LogP contribution in [0.3, 0.4) is 0 Å². The van der Waals surface area contributed by atoms with Gasteiger partial charge in [-0.2, -0.15) is 0 Å². The molecule has 0 heterocycles. The van der Waals surface area contributed by atoms with E-state index in [2.05, 4.69) is 0 Å². The minimum Gasteiger partial charge on any atom is -0.398 e. The van der Waals surface area contributed by atoms with Crippen LogP contribution in [0.1, 0.15) is 12.5 Å². The lowest BCUT2D eigenvalue weighted by Crippen LogP contribution is -1.92. The summed E-state index contributed by atoms with van der Waals surface area (Å²) >= 11 is 0. The minimum absolute atomic E-state index is 0.269. The molecule has 0 spiro atoms. The fourth-order valence-electron chi connectivity index (χ4n) is 0.888. The van der Waals surface area contributed by atoms with Gasteiger partial charge in [0.1, 0.15) is 5.82 Å². The summed E-state index contributed by atoms with van der Waals surface area (Å²) in [4.78, 5) is 0. The Hall–Kier alpha value is -1.05. The fraction of sp³-hybridized carbons (Fsp3) is 0.250. The van der Waals surface area contributed by atoms with E-state index in [1.165, 1.54) is 12.1 Å². The molecule has 0 unspecified atom stereocenters. The third kappa shape index (κ3) is 1.26. The third-order valence-corrected chi connectivity index (χ3v) is 1.49. The summed E-state index contributed by atoms with van der Waals surface area (Å²) in [6.45, 7) is 1.99. The Morgan fingerprint density at radius 1 is 1.50 bits per heavy atom. The Bertz CT molecular complexity index is 233. The molecule has 0 aliphatic heterocycles. The summed E-state index contributed by atoms with van der Waals surface area (Å²) in [6, 6.07) is 4.48. The van der Waals surface area contributed by atoms with Crippen LogP contribution in [0.15, 0.2) is 18.2 Å². The standard InChI is InChI=1S/C8H10FN/c1-2-6-3-4-7(9)5-8(6)10/h3-5H,2,10H2,1H3. The maximum Gasteiger partial charge on any atom is 0.125 e. The molecule has 0 saturated carbocycles. The highest BCUT2D eigenvalue weighted by atomic mass is 19.1. The molecule has 0 atom stereocenters. The molecule has 2 N–H and O–H groups in total. The lowest BCUT2D eigenvalue weighted by molar-refractivity contribution is 0.628. The highest BCUT2D eigenvalue weighted by Gasteiger charge is 1.96. The molecule has 0 bridgehead atoms. The van der Waals surface area contributed by atoms with Crippen molar-refractivity contribution in [3.8, 4) is 0 Å². The highest BCUT2D eigenvalue weighted by Crippen LogP contribution is 2.12. The van der Waals surface area contributed by atoms with E-state index in [1.807, 2.05) is 6.92 Å². The SMILES string of the molecule is CCc1ccc(F)cc1N. The van der Waals surface area contributed by atoms with Crippen molar-refractivity contribution < 1.29 is 4.39 Å². The zero-order valence-corrected chi connectivity index (χ0v) is 5.89. The average Bonchev–Trinajstić information content (AvgIpc) is 1.88. The van der Waals surface area contributed by atoms with E-state index in [0.29, 0.717) is 5.69 Å². The zero-order chi connectivity index (χ0) is 7.56. The Labute approximate surface area is 59.7 Å². The van der Waals surface area contributed by atoms with Gasteiger partial charge in [0, 0.05) is 5.69 Å². The molecule has 1 rings (SSSR count). The largest absolute Gasteiger partial charge is 0.398 e. The van der Waals surface area contributed by atoms with Gasteiger partial charge >= 0.3 is 0 Å². The molecule has 0 amide bonds. The number of nitrogen functional groups attached to an aromatic ring is 1. The number of rotatable bonds is 1. The molecule has 2 heteroatoms. The summed E-state index contributed by atoms with van der Waals surface area (Å²) in [5.41, 5.74) is 7.04. The summed E-state index contributed by atoms with van der Waals surface area (Å²) < 4.78 is 12.4. The Morgan fingerprint density at radius 2 is 2.20 bits per heavy atom. The molecule has 0 aliphatic rings. The van der Waals surface area contributed by atoms with Crippen LogP contribution < -0.4 is 5.73 Å². The number of halogens is 1. The highest BCUT2D eigenvalue weighted by molar-refractivity contribution is 5.46. The molecule has 0 aromatic heterocycles. The van der Waals surface area contributed by atoms with Gasteiger partial charge in [-0.3, -0.25) is 0 Å². The minimum atomic E-state index is -0.269. The first-order valence-electron chi connectivity index (χ1n) is 3.28. The monoisotopic (exact) mass is 139 g/mol. The number of benzene rings is 1. The molecule has 54 valence electrons. The Kier molecular flexibility index (Phi) is 1.90. The first kappa shape index (κ1) is 7.06. The van der Waals surface area contributed by atoms with Gasteiger partial charge in [0.25, 0.3) is 0 Å². The predicted molar refractivity (Wildman–Crippen MR) is 40.2 cm³/mol. The van der Waals surface area contributed by atoms with Crippen molar-refractivity contribution in [3.05, 3.63) is 29.6 Å². The average molecular weight is 139 g/mol. The molecule has 1 aromatic carbocycles. The topological polar surface area (TPSA) is 26.0 Å². The van der Waals surface area contributed by atoms with Crippen LogP contribution in [0.25, 0.3) is 0 Å². The number of hydrogen-bond acceptors (Lipinski definition) is 1. The maximum atomic E-state index is 12.4. The van der Waals surface area contributed by atoms with Crippen molar-refractivity contribution in [2.45, 2.75) is 13.3 Å². The van der Waals surface area contributed by atoms with Crippen LogP contribution >= 0.6 is 0 Å². The van der Waals surface area contributed by atoms with Crippen LogP contribution in [0.2, 0.25) is 0 Å². The van der Waals surface area contributed by atoms with Crippen LogP contribution in [-0.2, 0) is 6.42 Å². The summed E-state index contributed by atoms with van der Waals surface area (Å²) in [7, 11) is 0. The van der Waals surface area contributed by atoms with E-state index in [9.17, 15) is 4.39 Å². The number of hydrogen-bond donors (Lipinski definition) is 1. The van der Waals surface area contributed by atoms with Crippen molar-refractivity contribution in [2.24, 2.45) is 0 Å². The summed E-state index contributed by atoms with van der Waals surface area (Å²) in [5.74, 6) is -0.269. The number of aryl methyl sites for hydroxylation is 1. The second kappa shape index (κ2) is 2.69. The molecule has 1 nitrogen and oxygen atoms in total. The van der Waals surface area contributed by atoms with Gasteiger partial charge in [-0.05, 0) is 24.1 Å². The van der Waals surface area contributed by atoms with Crippen LogP contribution in [0.5, 0.6) is 0 Å². The van der Waals surface area contributed by atoms with Gasteiger partial charge in [0.2, 0.25) is 0 Å². The first-order valence-corrected chi connectivity index (χ1v) is 3.28. The van der Waals surface area contributed by atoms with Crippen LogP contribution in [0, 0.1) is 5.82 Å². The van der Waals surface area contributed by atoms with Gasteiger partial charge in [-0.1, -0.05) is 13.0 Å². The second-order valence-corrected chi connectivity index (χ2v) is 2.20. The van der Waals surface area contributed by atoms with Crippen molar-refractivity contribution in [2.75, 3.05) is 5.73 Å². The molecule has 1 aromatic rings. The molecule has 0 saturated heterocycles. The van der Waals surface area contributed by atoms with Gasteiger partial charge < -0.3 is 5.73 Å². The Morgan fingerprint density at radius 3 is 2.70 bits per heavy atom. The zero-order valence-electron chi connectivity index (χ0n) is 5.89. The predicted octanol–water partition coefficient (Wildman–Crippen LogP) is 1.97. The number of nitrogens with two attached hydrogens (primary N) is 1. The van der Waals surface area contributed by atoms with E-state index in [1.54, 1.807) is 6.07 Å². The first-order chi connectivity index (χ1) is 4.74. The summed E-state index contributed by atoms with van der Waals surface area (Å²) in [5, 5.41) is 0. The molecule has 10 heavy (non-hydrogen) atoms. The van der Waals surface area contributed by atoms with Crippen LogP contribution in [-0.4, -0.2) is 0 Å². The molecular weight excluding hydrogens is 129 g/mol. The second-order valence-electron chi connectivity index (χ2n) is 2.20. The maximum absolute atomic E-state index is 12.4. The van der Waals surface area contributed by atoms with Crippen molar-refractivity contribution in [1.29, 1.82) is 0 Å². The fourth-order valence-corrected chi connectivity index (χ4v) is 0.888.